The Kier molecular flexibility index (Phi) is 3.29. The molecule has 0 heterocycles. The first-order chi connectivity index (χ1) is 7.08. The van der Waals surface area contributed by atoms with E-state index in [2.05, 4.69) is 24.9 Å². The fourth-order valence-corrected chi connectivity index (χ4v) is 3.43. The van der Waals surface area contributed by atoms with Crippen molar-refractivity contribution in [2.45, 2.75) is 50.8 Å². The Morgan fingerprint density at radius 2 is 2.07 bits per heavy atom. The van der Waals surface area contributed by atoms with Crippen LogP contribution in [-0.4, -0.2) is 17.2 Å². The van der Waals surface area contributed by atoms with E-state index in [1.54, 1.807) is 0 Å². The van der Waals surface area contributed by atoms with Gasteiger partial charge in [0.1, 0.15) is 0 Å². The van der Waals surface area contributed by atoms with E-state index in [0.29, 0.717) is 6.04 Å². The molecule has 0 aromatic heterocycles. The lowest BCUT2D eigenvalue weighted by Crippen LogP contribution is -2.42. The van der Waals surface area contributed by atoms with Crippen LogP contribution in [-0.2, 0) is 4.79 Å². The fraction of sp³-hybridized carbons (Fsp3) is 0.917. The summed E-state index contributed by atoms with van der Waals surface area (Å²) in [7, 11) is 0. The van der Waals surface area contributed by atoms with Crippen LogP contribution in [0.2, 0.25) is 0 Å². The summed E-state index contributed by atoms with van der Waals surface area (Å²) in [5.74, 6) is 2.63. The van der Waals surface area contributed by atoms with Crippen molar-refractivity contribution in [3.63, 3.8) is 0 Å². The van der Waals surface area contributed by atoms with Crippen LogP contribution in [0.15, 0.2) is 0 Å². The van der Waals surface area contributed by atoms with Gasteiger partial charge >= 0.3 is 0 Å². The molecule has 5 unspecified atom stereocenters. The largest absolute Gasteiger partial charge is 0.352 e. The zero-order chi connectivity index (χ0) is 11.0. The molecule has 2 aliphatic rings. The van der Waals surface area contributed by atoms with Crippen LogP contribution in [0.3, 0.4) is 0 Å². The first kappa shape index (κ1) is 11.3. The Balaban J connectivity index is 1.86. The maximum atomic E-state index is 11.5. The first-order valence-electron chi connectivity index (χ1n) is 6.06. The molecule has 0 radical (unpaired) electrons. The Bertz CT molecular complexity index is 254. The van der Waals surface area contributed by atoms with Gasteiger partial charge in [-0.2, -0.15) is 12.6 Å². The molecule has 0 spiro atoms. The normalized spacial score (nSPS) is 37.7. The molecule has 3 heteroatoms. The zero-order valence-corrected chi connectivity index (χ0v) is 10.5. The minimum atomic E-state index is -0.189. The summed E-state index contributed by atoms with van der Waals surface area (Å²) in [5.41, 5.74) is 0. The maximum absolute atomic E-state index is 11.5. The minimum absolute atomic E-state index is 0.0774. The predicted octanol–water partition coefficient (Wildman–Crippen LogP) is 2.25. The second-order valence-corrected chi connectivity index (χ2v) is 6.09. The number of carbonyl (C=O) groups is 1. The summed E-state index contributed by atoms with van der Waals surface area (Å²) in [5, 5.41) is 2.90. The summed E-state index contributed by atoms with van der Waals surface area (Å²) >= 11 is 4.15. The maximum Gasteiger partial charge on any atom is 0.232 e. The van der Waals surface area contributed by atoms with Crippen LogP contribution in [0, 0.1) is 17.8 Å². The minimum Gasteiger partial charge on any atom is -0.352 e. The van der Waals surface area contributed by atoms with E-state index in [-0.39, 0.29) is 11.2 Å². The molecule has 2 rings (SSSR count). The van der Waals surface area contributed by atoms with Crippen LogP contribution < -0.4 is 5.32 Å². The molecule has 86 valence electrons. The van der Waals surface area contributed by atoms with Gasteiger partial charge < -0.3 is 5.32 Å². The van der Waals surface area contributed by atoms with Crippen molar-refractivity contribution in [3.05, 3.63) is 0 Å². The van der Waals surface area contributed by atoms with Gasteiger partial charge in [0.15, 0.2) is 0 Å². The zero-order valence-electron chi connectivity index (χ0n) is 9.57. The Hall–Kier alpha value is -0.180. The van der Waals surface area contributed by atoms with E-state index in [1.165, 1.54) is 25.7 Å². The van der Waals surface area contributed by atoms with Gasteiger partial charge in [-0.15, -0.1) is 0 Å². The van der Waals surface area contributed by atoms with E-state index in [9.17, 15) is 4.79 Å². The molecule has 2 bridgehead atoms. The quantitative estimate of drug-likeness (QED) is 0.711. The first-order valence-corrected chi connectivity index (χ1v) is 6.58. The molecule has 15 heavy (non-hydrogen) atoms. The molecule has 2 nitrogen and oxygen atoms in total. The van der Waals surface area contributed by atoms with Crippen molar-refractivity contribution >= 4 is 18.5 Å². The van der Waals surface area contributed by atoms with Crippen molar-refractivity contribution in [3.8, 4) is 0 Å². The Labute approximate surface area is 97.6 Å². The molecule has 0 saturated heterocycles. The van der Waals surface area contributed by atoms with Crippen molar-refractivity contribution in [2.24, 2.45) is 17.8 Å². The SMILES string of the molecule is CC(S)C(=O)NC(C)C1CC2CCC1C2. The van der Waals surface area contributed by atoms with Crippen molar-refractivity contribution in [2.75, 3.05) is 0 Å². The number of rotatable bonds is 3. The smallest absolute Gasteiger partial charge is 0.232 e. The third-order valence-electron chi connectivity index (χ3n) is 4.18. The van der Waals surface area contributed by atoms with E-state index < -0.39 is 0 Å². The molecule has 2 fully saturated rings. The fourth-order valence-electron chi connectivity index (χ4n) is 3.36. The lowest BCUT2D eigenvalue weighted by atomic mass is 9.84. The van der Waals surface area contributed by atoms with Crippen LogP contribution in [0.5, 0.6) is 0 Å². The predicted molar refractivity (Wildman–Crippen MR) is 65.0 cm³/mol. The Morgan fingerprint density at radius 3 is 2.53 bits per heavy atom. The van der Waals surface area contributed by atoms with Crippen LogP contribution in [0.25, 0.3) is 0 Å². The third kappa shape index (κ3) is 2.32. The molecule has 5 atom stereocenters. The number of hydrogen-bond acceptors (Lipinski definition) is 2. The van der Waals surface area contributed by atoms with Gasteiger partial charge in [0.2, 0.25) is 5.91 Å². The second-order valence-electron chi connectivity index (χ2n) is 5.31. The molecule has 0 aliphatic heterocycles. The average molecular weight is 227 g/mol. The van der Waals surface area contributed by atoms with Gasteiger partial charge in [-0.1, -0.05) is 6.42 Å². The molecule has 1 amide bonds. The highest BCUT2D eigenvalue weighted by Crippen LogP contribution is 2.49. The number of fused-ring (bicyclic) bond motifs is 2. The van der Waals surface area contributed by atoms with Gasteiger partial charge in [0, 0.05) is 6.04 Å². The van der Waals surface area contributed by atoms with Crippen molar-refractivity contribution in [1.82, 2.24) is 5.32 Å². The van der Waals surface area contributed by atoms with E-state index in [4.69, 9.17) is 0 Å². The van der Waals surface area contributed by atoms with Crippen molar-refractivity contribution < 1.29 is 4.79 Å². The topological polar surface area (TPSA) is 29.1 Å². The van der Waals surface area contributed by atoms with Gasteiger partial charge in [0.05, 0.1) is 5.25 Å². The van der Waals surface area contributed by atoms with Crippen LogP contribution in [0.1, 0.15) is 39.5 Å². The molecule has 0 aromatic rings. The van der Waals surface area contributed by atoms with E-state index in [1.807, 2.05) is 6.92 Å². The summed E-state index contributed by atoms with van der Waals surface area (Å²) in [6.07, 6.45) is 5.53. The van der Waals surface area contributed by atoms with Gasteiger partial charge in [-0.3, -0.25) is 4.79 Å². The molecule has 0 aromatic carbocycles. The monoisotopic (exact) mass is 227 g/mol. The molecular formula is C12H21NOS. The van der Waals surface area contributed by atoms with Gasteiger partial charge in [-0.05, 0) is 50.9 Å². The summed E-state index contributed by atoms with van der Waals surface area (Å²) in [6, 6.07) is 0.336. The van der Waals surface area contributed by atoms with E-state index in [0.717, 1.165) is 17.8 Å². The number of hydrogen-bond donors (Lipinski definition) is 2. The summed E-state index contributed by atoms with van der Waals surface area (Å²) < 4.78 is 0. The highest BCUT2D eigenvalue weighted by Gasteiger charge is 2.42. The van der Waals surface area contributed by atoms with E-state index >= 15 is 0 Å². The van der Waals surface area contributed by atoms with Crippen LogP contribution >= 0.6 is 12.6 Å². The highest BCUT2D eigenvalue weighted by molar-refractivity contribution is 7.81. The number of thiol groups is 1. The summed E-state index contributed by atoms with van der Waals surface area (Å²) in [4.78, 5) is 11.5. The van der Waals surface area contributed by atoms with Gasteiger partial charge in [-0.25, -0.2) is 0 Å². The Morgan fingerprint density at radius 1 is 1.33 bits per heavy atom. The number of amides is 1. The molecule has 2 aliphatic carbocycles. The lowest BCUT2D eigenvalue weighted by molar-refractivity contribution is -0.121. The number of carbonyl (C=O) groups excluding carboxylic acids is 1. The molecular weight excluding hydrogens is 206 g/mol. The lowest BCUT2D eigenvalue weighted by Gasteiger charge is -2.28. The summed E-state index contributed by atoms with van der Waals surface area (Å²) in [6.45, 7) is 3.98. The number of nitrogens with one attached hydrogen (secondary N) is 1. The standard InChI is InChI=1S/C12H21NOS/c1-7(13-12(14)8(2)15)11-6-9-3-4-10(11)5-9/h7-11,15H,3-6H2,1-2H3,(H,13,14). The van der Waals surface area contributed by atoms with Gasteiger partial charge in [0.25, 0.3) is 0 Å². The van der Waals surface area contributed by atoms with Crippen molar-refractivity contribution in [1.29, 1.82) is 0 Å². The average Bonchev–Trinajstić information content (AvgIpc) is 2.78. The molecule has 1 N–H and O–H groups in total. The third-order valence-corrected chi connectivity index (χ3v) is 4.42. The molecule has 2 saturated carbocycles. The second kappa shape index (κ2) is 4.36. The highest BCUT2D eigenvalue weighted by atomic mass is 32.1. The van der Waals surface area contributed by atoms with Crippen LogP contribution in [0.4, 0.5) is 0 Å².